The number of nitrogens with one attached hydrogen (secondary N) is 2. The van der Waals surface area contributed by atoms with Gasteiger partial charge in [0.25, 0.3) is 5.91 Å². The highest BCUT2D eigenvalue weighted by molar-refractivity contribution is 5.94. The summed E-state index contributed by atoms with van der Waals surface area (Å²) in [5, 5.41) is 5.94. The van der Waals surface area contributed by atoms with Crippen molar-refractivity contribution < 1.29 is 4.79 Å². The number of carbonyl (C=O) groups is 1. The normalized spacial score (nSPS) is 14.1. The van der Waals surface area contributed by atoms with Crippen LogP contribution in [0.15, 0.2) is 18.2 Å². The number of hydrogen-bond donors (Lipinski definition) is 2. The Bertz CT molecular complexity index is 360. The molecule has 1 heterocycles. The van der Waals surface area contributed by atoms with E-state index in [1.807, 2.05) is 18.2 Å². The van der Waals surface area contributed by atoms with E-state index in [0.29, 0.717) is 0 Å². The number of amides is 1. The third kappa shape index (κ3) is 1.58. The first kappa shape index (κ1) is 9.06. The van der Waals surface area contributed by atoms with Crippen LogP contribution in [-0.4, -0.2) is 19.5 Å². The zero-order valence-corrected chi connectivity index (χ0v) is 8.26. The van der Waals surface area contributed by atoms with Crippen LogP contribution in [0.3, 0.4) is 0 Å². The summed E-state index contributed by atoms with van der Waals surface area (Å²) in [7, 11) is 1.65. The van der Waals surface area contributed by atoms with Crippen molar-refractivity contribution in [2.24, 2.45) is 0 Å². The van der Waals surface area contributed by atoms with Crippen LogP contribution < -0.4 is 10.6 Å². The van der Waals surface area contributed by atoms with Gasteiger partial charge in [-0.2, -0.15) is 0 Å². The van der Waals surface area contributed by atoms with E-state index in [4.69, 9.17) is 0 Å². The largest absolute Gasteiger partial charge is 0.385 e. The van der Waals surface area contributed by atoms with Crippen molar-refractivity contribution in [3.05, 3.63) is 29.3 Å². The molecular formula is C11H14N2O. The lowest BCUT2D eigenvalue weighted by molar-refractivity contribution is 0.0963. The Balaban J connectivity index is 2.33. The van der Waals surface area contributed by atoms with Gasteiger partial charge in [0.2, 0.25) is 0 Å². The van der Waals surface area contributed by atoms with Gasteiger partial charge in [-0.3, -0.25) is 4.79 Å². The predicted molar refractivity (Wildman–Crippen MR) is 56.6 cm³/mol. The van der Waals surface area contributed by atoms with Crippen LogP contribution >= 0.6 is 0 Å². The lowest BCUT2D eigenvalue weighted by atomic mass is 10.0. The molecule has 0 atom stereocenters. The fraction of sp³-hybridized carbons (Fsp3) is 0.364. The lowest BCUT2D eigenvalue weighted by Crippen LogP contribution is -2.19. The van der Waals surface area contributed by atoms with Gasteiger partial charge in [-0.05, 0) is 36.6 Å². The van der Waals surface area contributed by atoms with Gasteiger partial charge in [0.1, 0.15) is 0 Å². The molecule has 0 spiro atoms. The summed E-state index contributed by atoms with van der Waals surface area (Å²) < 4.78 is 0. The molecule has 0 saturated carbocycles. The number of aryl methyl sites for hydroxylation is 1. The van der Waals surface area contributed by atoms with E-state index in [1.165, 1.54) is 11.3 Å². The van der Waals surface area contributed by atoms with E-state index < -0.39 is 0 Å². The highest BCUT2D eigenvalue weighted by Crippen LogP contribution is 2.22. The number of anilines is 1. The predicted octanol–water partition coefficient (Wildman–Crippen LogP) is 1.40. The standard InChI is InChI=1S/C11H14N2O/c1-12-11(14)9-4-5-10-8(7-9)3-2-6-13-10/h4-5,7,13H,2-3,6H2,1H3,(H,12,14). The third-order valence-corrected chi connectivity index (χ3v) is 2.53. The van der Waals surface area contributed by atoms with Crippen LogP contribution in [0.2, 0.25) is 0 Å². The monoisotopic (exact) mass is 190 g/mol. The first-order chi connectivity index (χ1) is 6.81. The summed E-state index contributed by atoms with van der Waals surface area (Å²) in [4.78, 5) is 11.4. The van der Waals surface area contributed by atoms with Crippen LogP contribution in [0.5, 0.6) is 0 Å². The molecular weight excluding hydrogens is 176 g/mol. The molecule has 1 aromatic carbocycles. The Kier molecular flexibility index (Phi) is 2.39. The molecule has 2 N–H and O–H groups in total. The van der Waals surface area contributed by atoms with Crippen molar-refractivity contribution in [1.29, 1.82) is 0 Å². The summed E-state index contributed by atoms with van der Waals surface area (Å²) in [6.45, 7) is 1.03. The van der Waals surface area contributed by atoms with E-state index in [9.17, 15) is 4.79 Å². The van der Waals surface area contributed by atoms with Crippen molar-refractivity contribution in [1.82, 2.24) is 5.32 Å². The summed E-state index contributed by atoms with van der Waals surface area (Å²) in [6, 6.07) is 5.81. The molecule has 0 unspecified atom stereocenters. The highest BCUT2D eigenvalue weighted by Gasteiger charge is 2.11. The number of fused-ring (bicyclic) bond motifs is 1. The maximum atomic E-state index is 11.4. The van der Waals surface area contributed by atoms with Gasteiger partial charge in [-0.25, -0.2) is 0 Å². The Morgan fingerprint density at radius 3 is 3.14 bits per heavy atom. The Morgan fingerprint density at radius 1 is 1.50 bits per heavy atom. The zero-order chi connectivity index (χ0) is 9.97. The molecule has 1 aliphatic rings. The molecule has 3 nitrogen and oxygen atoms in total. The summed E-state index contributed by atoms with van der Waals surface area (Å²) >= 11 is 0. The summed E-state index contributed by atoms with van der Waals surface area (Å²) in [6.07, 6.45) is 2.21. The smallest absolute Gasteiger partial charge is 0.251 e. The van der Waals surface area contributed by atoms with E-state index in [2.05, 4.69) is 10.6 Å². The zero-order valence-electron chi connectivity index (χ0n) is 8.26. The second-order valence-electron chi connectivity index (χ2n) is 3.48. The molecule has 0 aliphatic carbocycles. The Morgan fingerprint density at radius 2 is 2.36 bits per heavy atom. The molecule has 0 saturated heterocycles. The lowest BCUT2D eigenvalue weighted by Gasteiger charge is -2.18. The fourth-order valence-corrected chi connectivity index (χ4v) is 1.76. The molecule has 3 heteroatoms. The van der Waals surface area contributed by atoms with Gasteiger partial charge >= 0.3 is 0 Å². The maximum absolute atomic E-state index is 11.4. The van der Waals surface area contributed by atoms with E-state index >= 15 is 0 Å². The van der Waals surface area contributed by atoms with Crippen LogP contribution in [0.25, 0.3) is 0 Å². The molecule has 0 fully saturated rings. The van der Waals surface area contributed by atoms with Crippen LogP contribution in [0, 0.1) is 0 Å². The van der Waals surface area contributed by atoms with Crippen molar-refractivity contribution >= 4 is 11.6 Å². The van der Waals surface area contributed by atoms with Crippen molar-refractivity contribution in [2.75, 3.05) is 18.9 Å². The van der Waals surface area contributed by atoms with Gasteiger partial charge in [0.05, 0.1) is 0 Å². The minimum atomic E-state index is -0.0154. The van der Waals surface area contributed by atoms with Gasteiger partial charge in [-0.1, -0.05) is 0 Å². The summed E-state index contributed by atoms with van der Waals surface area (Å²) in [5.41, 5.74) is 3.16. The van der Waals surface area contributed by atoms with E-state index in [0.717, 1.165) is 24.9 Å². The SMILES string of the molecule is CNC(=O)c1ccc2c(c1)CCCN2. The van der Waals surface area contributed by atoms with Gasteiger partial charge in [0.15, 0.2) is 0 Å². The third-order valence-electron chi connectivity index (χ3n) is 2.53. The molecule has 1 amide bonds. The second-order valence-corrected chi connectivity index (χ2v) is 3.48. The average Bonchev–Trinajstić information content (AvgIpc) is 2.27. The minimum Gasteiger partial charge on any atom is -0.385 e. The summed E-state index contributed by atoms with van der Waals surface area (Å²) in [5.74, 6) is -0.0154. The Hall–Kier alpha value is -1.51. The molecule has 74 valence electrons. The van der Waals surface area contributed by atoms with Crippen molar-refractivity contribution in [3.63, 3.8) is 0 Å². The van der Waals surface area contributed by atoms with Crippen LogP contribution in [0.4, 0.5) is 5.69 Å². The topological polar surface area (TPSA) is 41.1 Å². The number of rotatable bonds is 1. The van der Waals surface area contributed by atoms with Crippen LogP contribution in [-0.2, 0) is 6.42 Å². The van der Waals surface area contributed by atoms with Gasteiger partial charge < -0.3 is 10.6 Å². The molecule has 2 rings (SSSR count). The molecule has 0 radical (unpaired) electrons. The fourth-order valence-electron chi connectivity index (χ4n) is 1.76. The van der Waals surface area contributed by atoms with Crippen molar-refractivity contribution in [3.8, 4) is 0 Å². The molecule has 14 heavy (non-hydrogen) atoms. The number of hydrogen-bond acceptors (Lipinski definition) is 2. The number of carbonyl (C=O) groups excluding carboxylic acids is 1. The molecule has 0 aromatic heterocycles. The molecule has 1 aromatic rings. The first-order valence-corrected chi connectivity index (χ1v) is 4.90. The quantitative estimate of drug-likeness (QED) is 0.703. The Labute approximate surface area is 83.5 Å². The maximum Gasteiger partial charge on any atom is 0.251 e. The number of benzene rings is 1. The first-order valence-electron chi connectivity index (χ1n) is 4.90. The second kappa shape index (κ2) is 3.70. The van der Waals surface area contributed by atoms with E-state index in [1.54, 1.807) is 7.05 Å². The van der Waals surface area contributed by atoms with Gasteiger partial charge in [0, 0.05) is 24.8 Å². The minimum absolute atomic E-state index is 0.0154. The van der Waals surface area contributed by atoms with Crippen molar-refractivity contribution in [2.45, 2.75) is 12.8 Å². The average molecular weight is 190 g/mol. The van der Waals surface area contributed by atoms with Crippen LogP contribution in [0.1, 0.15) is 22.3 Å². The molecule has 0 bridgehead atoms. The van der Waals surface area contributed by atoms with E-state index in [-0.39, 0.29) is 5.91 Å². The highest BCUT2D eigenvalue weighted by atomic mass is 16.1. The molecule has 1 aliphatic heterocycles. The van der Waals surface area contributed by atoms with Gasteiger partial charge in [-0.15, -0.1) is 0 Å².